The summed E-state index contributed by atoms with van der Waals surface area (Å²) in [6, 6.07) is 14.5. The van der Waals surface area contributed by atoms with Crippen LogP contribution in [0.2, 0.25) is 0 Å². The second-order valence-electron chi connectivity index (χ2n) is 9.49. The molecule has 0 radical (unpaired) electrons. The van der Waals surface area contributed by atoms with Crippen LogP contribution >= 0.6 is 11.3 Å². The van der Waals surface area contributed by atoms with E-state index in [1.54, 1.807) is 30.7 Å². The molecule has 0 aliphatic carbocycles. The van der Waals surface area contributed by atoms with Gasteiger partial charge in [-0.05, 0) is 58.0 Å². The van der Waals surface area contributed by atoms with Crippen LogP contribution in [-0.4, -0.2) is 29.7 Å². The molecule has 0 aliphatic rings. The molecule has 184 valence electrons. The topological polar surface area (TPSA) is 121 Å². The minimum Gasteiger partial charge on any atom is -0.403 e. The Hall–Kier alpha value is -4.11. The lowest BCUT2D eigenvalue weighted by atomic mass is 10.0. The molecule has 9 heteroatoms. The third-order valence-electron chi connectivity index (χ3n) is 5.25. The molecule has 4 N–H and O–H groups in total. The Morgan fingerprint density at radius 1 is 0.972 bits per heavy atom. The highest BCUT2D eigenvalue weighted by atomic mass is 32.1. The molecule has 8 nitrogen and oxygen atoms in total. The third-order valence-corrected chi connectivity index (χ3v) is 6.13. The number of allylic oxidation sites excluding steroid dienone is 1. The smallest absolute Gasteiger partial charge is 0.219 e. The molecule has 36 heavy (non-hydrogen) atoms. The Morgan fingerprint density at radius 2 is 1.61 bits per heavy atom. The van der Waals surface area contributed by atoms with Gasteiger partial charge in [-0.1, -0.05) is 48.2 Å². The number of rotatable bonds is 3. The average Bonchev–Trinajstić information content (AvgIpc) is 3.42. The summed E-state index contributed by atoms with van der Waals surface area (Å²) in [5.74, 6) is 1.17. The number of nitrogens with zero attached hydrogens (tertiary/aromatic N) is 6. The molecular weight excluding hydrogens is 468 g/mol. The second-order valence-corrected chi connectivity index (χ2v) is 10.7. The monoisotopic (exact) mass is 498 g/mol. The van der Waals surface area contributed by atoms with Crippen LogP contribution < -0.4 is 11.5 Å². The predicted molar refractivity (Wildman–Crippen MR) is 148 cm³/mol. The zero-order chi connectivity index (χ0) is 26.0. The van der Waals surface area contributed by atoms with Crippen molar-refractivity contribution >= 4 is 28.3 Å². The summed E-state index contributed by atoms with van der Waals surface area (Å²) >= 11 is 1.59. The Bertz CT molecular complexity index is 1520. The summed E-state index contributed by atoms with van der Waals surface area (Å²) in [5, 5.41) is 10.4. The lowest BCUT2D eigenvalue weighted by Crippen LogP contribution is -2.22. The van der Waals surface area contributed by atoms with Crippen molar-refractivity contribution in [3.8, 4) is 33.1 Å². The average molecular weight is 499 g/mol. The number of fused-ring (bicyclic) bond motifs is 1. The number of hydrogen-bond donors (Lipinski definition) is 2. The van der Waals surface area contributed by atoms with Crippen molar-refractivity contribution in [3.63, 3.8) is 0 Å². The highest BCUT2D eigenvalue weighted by Crippen LogP contribution is 2.38. The van der Waals surface area contributed by atoms with Crippen molar-refractivity contribution in [1.29, 1.82) is 0 Å². The van der Waals surface area contributed by atoms with E-state index < -0.39 is 0 Å². The van der Waals surface area contributed by atoms with Gasteiger partial charge in [0.05, 0.1) is 11.0 Å². The van der Waals surface area contributed by atoms with E-state index in [9.17, 15) is 0 Å². The molecule has 0 spiro atoms. The predicted octanol–water partition coefficient (Wildman–Crippen LogP) is 5.80. The summed E-state index contributed by atoms with van der Waals surface area (Å²) in [5.41, 5.74) is 17.0. The minimum absolute atomic E-state index is 0.180. The van der Waals surface area contributed by atoms with Gasteiger partial charge in [0.15, 0.2) is 0 Å². The number of aromatic nitrogens is 6. The standard InChI is InChI=1S/C24H23N7S.C3H7N/c1-14-29-30-22(32-14)18-8-6-5-7-17(18)21-28-19-11-15(16-12-26-23(25)27-13-16)9-10-20(19)31(21)24(2,3)4;1-3(2)4/h5-13H,1-4H3,(H2,25,26,27);1,4H2,2H3. The third kappa shape index (κ3) is 5.26. The summed E-state index contributed by atoms with van der Waals surface area (Å²) in [7, 11) is 0. The van der Waals surface area contributed by atoms with Crippen molar-refractivity contribution in [2.45, 2.75) is 40.2 Å². The van der Waals surface area contributed by atoms with Crippen LogP contribution in [0, 0.1) is 6.92 Å². The molecular formula is C27H30N8S. The molecule has 5 aromatic rings. The summed E-state index contributed by atoms with van der Waals surface area (Å²) in [6.45, 7) is 13.6. The highest BCUT2D eigenvalue weighted by molar-refractivity contribution is 7.14. The van der Waals surface area contributed by atoms with Crippen LogP contribution in [0.3, 0.4) is 0 Å². The van der Waals surface area contributed by atoms with Gasteiger partial charge in [-0.2, -0.15) is 0 Å². The second kappa shape index (κ2) is 9.87. The van der Waals surface area contributed by atoms with Gasteiger partial charge >= 0.3 is 0 Å². The van der Waals surface area contributed by atoms with Crippen molar-refractivity contribution in [3.05, 3.63) is 72.1 Å². The first kappa shape index (κ1) is 25.0. The summed E-state index contributed by atoms with van der Waals surface area (Å²) in [6.07, 6.45) is 3.47. The van der Waals surface area contributed by atoms with E-state index in [1.165, 1.54) is 0 Å². The molecule has 0 bridgehead atoms. The molecule has 0 aliphatic heterocycles. The SMILES string of the molecule is C=C(C)N.Cc1nnc(-c2ccccc2-c2nc3cc(-c4cnc(N)nc4)ccc3n2C(C)(C)C)s1. The van der Waals surface area contributed by atoms with Gasteiger partial charge in [-0.15, -0.1) is 10.2 Å². The van der Waals surface area contributed by atoms with Crippen molar-refractivity contribution in [2.75, 3.05) is 5.73 Å². The van der Waals surface area contributed by atoms with E-state index in [1.807, 2.05) is 19.1 Å². The number of aryl methyl sites for hydroxylation is 1. The minimum atomic E-state index is -0.180. The van der Waals surface area contributed by atoms with Crippen LogP contribution in [0.25, 0.3) is 44.1 Å². The van der Waals surface area contributed by atoms with Gasteiger partial charge in [0.2, 0.25) is 5.95 Å². The van der Waals surface area contributed by atoms with Crippen LogP contribution in [0.4, 0.5) is 5.95 Å². The van der Waals surface area contributed by atoms with Crippen LogP contribution in [0.1, 0.15) is 32.7 Å². The van der Waals surface area contributed by atoms with Gasteiger partial charge in [0.25, 0.3) is 0 Å². The van der Waals surface area contributed by atoms with Crippen molar-refractivity contribution < 1.29 is 0 Å². The first-order valence-corrected chi connectivity index (χ1v) is 12.3. The number of hydrogen-bond acceptors (Lipinski definition) is 8. The number of benzene rings is 2. The maximum absolute atomic E-state index is 5.65. The molecule has 2 aromatic carbocycles. The Balaban J connectivity index is 0.000000709. The van der Waals surface area contributed by atoms with Crippen LogP contribution in [-0.2, 0) is 5.54 Å². The first-order chi connectivity index (χ1) is 17.0. The molecule has 0 unspecified atom stereocenters. The molecule has 5 rings (SSSR count). The Kier molecular flexibility index (Phi) is 6.85. The van der Waals surface area contributed by atoms with Crippen molar-refractivity contribution in [1.82, 2.24) is 29.7 Å². The molecule has 0 saturated carbocycles. The summed E-state index contributed by atoms with van der Waals surface area (Å²) in [4.78, 5) is 13.3. The maximum Gasteiger partial charge on any atom is 0.219 e. The number of nitrogens with two attached hydrogens (primary N) is 2. The quantitative estimate of drug-likeness (QED) is 0.322. The zero-order valence-electron chi connectivity index (χ0n) is 21.1. The fourth-order valence-corrected chi connectivity index (χ4v) is 4.61. The van der Waals surface area contributed by atoms with E-state index in [4.69, 9.17) is 16.5 Å². The van der Waals surface area contributed by atoms with E-state index >= 15 is 0 Å². The lowest BCUT2D eigenvalue weighted by Gasteiger charge is -2.25. The van der Waals surface area contributed by atoms with E-state index in [0.29, 0.717) is 5.70 Å². The number of nitrogen functional groups attached to an aromatic ring is 1. The van der Waals surface area contributed by atoms with Crippen molar-refractivity contribution in [2.24, 2.45) is 5.73 Å². The van der Waals surface area contributed by atoms with Gasteiger partial charge < -0.3 is 16.0 Å². The maximum atomic E-state index is 5.65. The lowest BCUT2D eigenvalue weighted by molar-refractivity contribution is 0.413. The van der Waals surface area contributed by atoms with E-state index in [-0.39, 0.29) is 11.5 Å². The Labute approximate surface area is 214 Å². The van der Waals surface area contributed by atoms with Gasteiger partial charge in [0.1, 0.15) is 15.8 Å². The van der Waals surface area contributed by atoms with Crippen LogP contribution in [0.15, 0.2) is 67.1 Å². The molecule has 0 atom stereocenters. The normalized spacial score (nSPS) is 11.2. The molecule has 0 fully saturated rings. The fourth-order valence-electron chi connectivity index (χ4n) is 3.88. The molecule has 0 saturated heterocycles. The van der Waals surface area contributed by atoms with Crippen LogP contribution in [0.5, 0.6) is 0 Å². The summed E-state index contributed by atoms with van der Waals surface area (Å²) < 4.78 is 2.29. The molecule has 0 amide bonds. The van der Waals surface area contributed by atoms with Gasteiger partial charge in [-0.25, -0.2) is 15.0 Å². The van der Waals surface area contributed by atoms with Gasteiger partial charge in [-0.3, -0.25) is 0 Å². The molecule has 3 heterocycles. The zero-order valence-corrected chi connectivity index (χ0v) is 22.0. The van der Waals surface area contributed by atoms with E-state index in [2.05, 4.69) is 82.4 Å². The highest BCUT2D eigenvalue weighted by Gasteiger charge is 2.25. The largest absolute Gasteiger partial charge is 0.403 e. The Morgan fingerprint density at radius 3 is 2.19 bits per heavy atom. The molecule has 3 aromatic heterocycles. The number of imidazole rings is 1. The van der Waals surface area contributed by atoms with Gasteiger partial charge in [0, 0.05) is 34.6 Å². The first-order valence-electron chi connectivity index (χ1n) is 11.5. The number of anilines is 1. The van der Waals surface area contributed by atoms with E-state index in [0.717, 1.165) is 49.1 Å². The fraction of sp³-hybridized carbons (Fsp3) is 0.222.